The zero-order valence-electron chi connectivity index (χ0n) is 21.7. The minimum Gasteiger partial charge on any atom is -0.354 e. The summed E-state index contributed by atoms with van der Waals surface area (Å²) in [4.78, 5) is 29.9. The van der Waals surface area contributed by atoms with Crippen molar-refractivity contribution in [2.45, 2.75) is 97.2 Å². The molecule has 1 fully saturated rings. The van der Waals surface area contributed by atoms with Crippen LogP contribution >= 0.6 is 11.3 Å². The van der Waals surface area contributed by atoms with Crippen LogP contribution < -0.4 is 10.9 Å². The van der Waals surface area contributed by atoms with Crippen LogP contribution in [0, 0.1) is 0 Å². The summed E-state index contributed by atoms with van der Waals surface area (Å²) in [6, 6.07) is 3.34. The van der Waals surface area contributed by atoms with Gasteiger partial charge in [-0.1, -0.05) is 19.3 Å². The molecule has 0 unspecified atom stereocenters. The molecule has 190 valence electrons. The highest BCUT2D eigenvalue weighted by molar-refractivity contribution is 7.09. The second-order valence-electron chi connectivity index (χ2n) is 10.3. The first kappa shape index (κ1) is 25.8. The largest absolute Gasteiger partial charge is 0.354 e. The highest BCUT2D eigenvalue weighted by atomic mass is 32.1. The monoisotopic (exact) mass is 496 g/mol. The van der Waals surface area contributed by atoms with Crippen molar-refractivity contribution in [2.75, 3.05) is 18.4 Å². The summed E-state index contributed by atoms with van der Waals surface area (Å²) in [5, 5.41) is 7.24. The molecular formula is C27H40N6OS. The molecule has 3 aromatic rings. The number of anilines is 1. The third-order valence-corrected chi connectivity index (χ3v) is 7.84. The van der Waals surface area contributed by atoms with E-state index >= 15 is 0 Å². The Kier molecular flexibility index (Phi) is 8.89. The van der Waals surface area contributed by atoms with Gasteiger partial charge in [0.15, 0.2) is 0 Å². The smallest absolute Gasteiger partial charge is 0.256 e. The average molecular weight is 497 g/mol. The number of rotatable bonds is 12. The second-order valence-corrected chi connectivity index (χ2v) is 11.3. The Labute approximate surface area is 213 Å². The number of aromatic nitrogens is 4. The van der Waals surface area contributed by atoms with E-state index in [1.165, 1.54) is 12.8 Å². The molecular weight excluding hydrogens is 456 g/mol. The summed E-state index contributed by atoms with van der Waals surface area (Å²) >= 11 is 1.59. The van der Waals surface area contributed by atoms with E-state index < -0.39 is 0 Å². The molecule has 3 heterocycles. The van der Waals surface area contributed by atoms with Crippen LogP contribution in [0.5, 0.6) is 0 Å². The third-order valence-electron chi connectivity index (χ3n) is 7.07. The Balaban J connectivity index is 1.45. The van der Waals surface area contributed by atoms with Gasteiger partial charge in [-0.25, -0.2) is 9.97 Å². The van der Waals surface area contributed by atoms with Gasteiger partial charge in [0.25, 0.3) is 5.56 Å². The van der Waals surface area contributed by atoms with Crippen molar-refractivity contribution in [3.8, 4) is 0 Å². The first-order valence-electron chi connectivity index (χ1n) is 13.2. The number of hydrogen-bond donors (Lipinski definition) is 1. The van der Waals surface area contributed by atoms with E-state index in [1.54, 1.807) is 17.5 Å². The van der Waals surface area contributed by atoms with Crippen molar-refractivity contribution in [1.82, 2.24) is 24.4 Å². The Bertz CT molecular complexity index is 1130. The molecule has 0 radical (unpaired) electrons. The summed E-state index contributed by atoms with van der Waals surface area (Å²) < 4.78 is 1.95. The maximum Gasteiger partial charge on any atom is 0.256 e. The Morgan fingerprint density at radius 2 is 1.89 bits per heavy atom. The van der Waals surface area contributed by atoms with Crippen LogP contribution in [-0.4, -0.2) is 49.6 Å². The molecule has 0 amide bonds. The molecule has 35 heavy (non-hydrogen) atoms. The van der Waals surface area contributed by atoms with E-state index in [2.05, 4.69) is 47.9 Å². The molecule has 4 rings (SSSR count). The van der Waals surface area contributed by atoms with Gasteiger partial charge in [0.05, 0.1) is 5.01 Å². The lowest BCUT2D eigenvalue weighted by molar-refractivity contribution is 0.171. The van der Waals surface area contributed by atoms with Crippen LogP contribution in [-0.2, 0) is 6.42 Å². The summed E-state index contributed by atoms with van der Waals surface area (Å²) in [6.45, 7) is 11.1. The van der Waals surface area contributed by atoms with Gasteiger partial charge in [0.2, 0.25) is 5.95 Å². The average Bonchev–Trinajstić information content (AvgIpc) is 3.53. The van der Waals surface area contributed by atoms with Crippen LogP contribution in [0.2, 0.25) is 0 Å². The summed E-state index contributed by atoms with van der Waals surface area (Å²) in [7, 11) is 0. The maximum atomic E-state index is 13.5. The van der Waals surface area contributed by atoms with Crippen LogP contribution in [0.1, 0.15) is 89.3 Å². The predicted octanol–water partition coefficient (Wildman–Crippen LogP) is 5.65. The second kappa shape index (κ2) is 12.1. The van der Waals surface area contributed by atoms with Crippen LogP contribution in [0.4, 0.5) is 5.95 Å². The van der Waals surface area contributed by atoms with E-state index in [9.17, 15) is 4.79 Å². The van der Waals surface area contributed by atoms with E-state index in [0.29, 0.717) is 24.5 Å². The number of nitrogens with one attached hydrogen (secondary N) is 1. The number of hydrogen-bond acceptors (Lipinski definition) is 7. The minimum absolute atomic E-state index is 0.0732. The molecule has 7 nitrogen and oxygen atoms in total. The van der Waals surface area contributed by atoms with Gasteiger partial charge in [-0.05, 0) is 66.0 Å². The van der Waals surface area contributed by atoms with Crippen LogP contribution in [0.25, 0.3) is 11.0 Å². The van der Waals surface area contributed by atoms with Gasteiger partial charge in [-0.2, -0.15) is 4.98 Å². The molecule has 3 aromatic heterocycles. The molecule has 0 atom stereocenters. The Morgan fingerprint density at radius 3 is 2.57 bits per heavy atom. The number of pyridine rings is 1. The SMILES string of the molecule is CC(C)N(CCCCCNc1ncc2cc(Cc3nccs3)c(=O)n(C3CCCC3)c2n1)C(C)C. The molecule has 1 saturated carbocycles. The lowest BCUT2D eigenvalue weighted by Gasteiger charge is -2.30. The number of thiazole rings is 1. The Morgan fingerprint density at radius 1 is 1.11 bits per heavy atom. The molecule has 8 heteroatoms. The van der Waals surface area contributed by atoms with Gasteiger partial charge in [-0.15, -0.1) is 11.3 Å². The van der Waals surface area contributed by atoms with Gasteiger partial charge in [0.1, 0.15) is 5.65 Å². The van der Waals surface area contributed by atoms with Crippen molar-refractivity contribution in [2.24, 2.45) is 0 Å². The van der Waals surface area contributed by atoms with Crippen molar-refractivity contribution in [3.63, 3.8) is 0 Å². The van der Waals surface area contributed by atoms with E-state index in [0.717, 1.165) is 66.8 Å². The number of fused-ring (bicyclic) bond motifs is 1. The predicted molar refractivity (Wildman–Crippen MR) is 146 cm³/mol. The lowest BCUT2D eigenvalue weighted by atomic mass is 10.1. The number of unbranched alkanes of at least 4 members (excludes halogenated alkanes) is 2. The van der Waals surface area contributed by atoms with Gasteiger partial charge < -0.3 is 5.32 Å². The first-order chi connectivity index (χ1) is 16.9. The van der Waals surface area contributed by atoms with Crippen molar-refractivity contribution in [1.29, 1.82) is 0 Å². The highest BCUT2D eigenvalue weighted by Gasteiger charge is 2.23. The molecule has 0 saturated heterocycles. The minimum atomic E-state index is 0.0732. The summed E-state index contributed by atoms with van der Waals surface area (Å²) in [6.07, 6.45) is 12.1. The summed E-state index contributed by atoms with van der Waals surface area (Å²) in [5.41, 5.74) is 1.61. The van der Waals surface area contributed by atoms with Gasteiger partial charge >= 0.3 is 0 Å². The van der Waals surface area contributed by atoms with Gasteiger partial charge in [0, 0.05) is 59.8 Å². The van der Waals surface area contributed by atoms with E-state index in [4.69, 9.17) is 4.98 Å². The highest BCUT2D eigenvalue weighted by Crippen LogP contribution is 2.31. The van der Waals surface area contributed by atoms with Crippen molar-refractivity contribution in [3.05, 3.63) is 44.8 Å². The van der Waals surface area contributed by atoms with Crippen molar-refractivity contribution < 1.29 is 0 Å². The molecule has 1 aliphatic rings. The summed E-state index contributed by atoms with van der Waals surface area (Å²) in [5.74, 6) is 0.613. The Hall–Kier alpha value is -2.32. The van der Waals surface area contributed by atoms with Gasteiger partial charge in [-0.3, -0.25) is 14.3 Å². The quantitative estimate of drug-likeness (QED) is 0.326. The molecule has 1 N–H and O–H groups in total. The topological polar surface area (TPSA) is 75.9 Å². The van der Waals surface area contributed by atoms with Crippen molar-refractivity contribution >= 4 is 28.3 Å². The third kappa shape index (κ3) is 6.47. The molecule has 0 aromatic carbocycles. The zero-order chi connectivity index (χ0) is 24.8. The zero-order valence-corrected chi connectivity index (χ0v) is 22.5. The molecule has 0 spiro atoms. The van der Waals surface area contributed by atoms with E-state index in [-0.39, 0.29) is 11.6 Å². The fourth-order valence-electron chi connectivity index (χ4n) is 5.30. The first-order valence-corrected chi connectivity index (χ1v) is 14.1. The maximum absolute atomic E-state index is 13.5. The molecule has 0 aliphatic heterocycles. The van der Waals surface area contributed by atoms with Crippen LogP contribution in [0.3, 0.4) is 0 Å². The lowest BCUT2D eigenvalue weighted by Crippen LogP contribution is -2.37. The van der Waals surface area contributed by atoms with E-state index in [1.807, 2.05) is 22.2 Å². The molecule has 1 aliphatic carbocycles. The van der Waals surface area contributed by atoms with Crippen LogP contribution in [0.15, 0.2) is 28.6 Å². The number of nitrogens with zero attached hydrogens (tertiary/aromatic N) is 5. The fourth-order valence-corrected chi connectivity index (χ4v) is 5.94. The standard InChI is InChI=1S/C27H40N6OS/c1-19(2)32(20(3)4)14-9-5-8-12-29-27-30-18-22-16-21(17-24-28-13-15-35-24)26(34)33(25(22)31-27)23-10-6-7-11-23/h13,15-16,18-20,23H,5-12,14,17H2,1-4H3,(H,29,30,31). The normalized spacial score (nSPS) is 14.7. The fraction of sp³-hybridized carbons (Fsp3) is 0.630. The molecule has 0 bridgehead atoms.